The molecular formula is C14H16O6. The van der Waals surface area contributed by atoms with E-state index in [2.05, 4.69) is 0 Å². The van der Waals surface area contributed by atoms with Crippen LogP contribution in [-0.2, 0) is 18.9 Å². The second kappa shape index (κ2) is 7.02. The lowest BCUT2D eigenvalue weighted by Crippen LogP contribution is -2.13. The van der Waals surface area contributed by atoms with Crippen molar-refractivity contribution in [3.8, 4) is 0 Å². The Morgan fingerprint density at radius 2 is 1.85 bits per heavy atom. The number of esters is 2. The maximum Gasteiger partial charge on any atom is 0.338 e. The van der Waals surface area contributed by atoms with Crippen molar-refractivity contribution in [2.24, 2.45) is 0 Å². The van der Waals surface area contributed by atoms with E-state index < -0.39 is 11.9 Å². The quantitative estimate of drug-likeness (QED) is 0.422. The van der Waals surface area contributed by atoms with Gasteiger partial charge in [-0.1, -0.05) is 6.07 Å². The van der Waals surface area contributed by atoms with Crippen molar-refractivity contribution in [1.82, 2.24) is 0 Å². The number of benzene rings is 1. The van der Waals surface area contributed by atoms with Crippen LogP contribution in [0.3, 0.4) is 0 Å². The van der Waals surface area contributed by atoms with Crippen LogP contribution in [0.15, 0.2) is 24.3 Å². The molecule has 1 aromatic rings. The maximum atomic E-state index is 11.8. The molecule has 1 aromatic carbocycles. The highest BCUT2D eigenvalue weighted by Crippen LogP contribution is 2.12. The predicted octanol–water partition coefficient (Wildman–Crippen LogP) is 1.05. The van der Waals surface area contributed by atoms with Gasteiger partial charge in [-0.2, -0.15) is 0 Å². The Balaban J connectivity index is 1.91. The fraction of sp³-hybridized carbons (Fsp3) is 0.429. The van der Waals surface area contributed by atoms with E-state index in [0.717, 1.165) is 0 Å². The minimum absolute atomic E-state index is 0.0149. The van der Waals surface area contributed by atoms with Crippen molar-refractivity contribution in [3.05, 3.63) is 35.4 Å². The lowest BCUT2D eigenvalue weighted by atomic mass is 10.1. The van der Waals surface area contributed by atoms with Gasteiger partial charge in [0.2, 0.25) is 0 Å². The van der Waals surface area contributed by atoms with E-state index >= 15 is 0 Å². The molecule has 0 aliphatic carbocycles. The minimum Gasteiger partial charge on any atom is -0.460 e. The third-order valence-electron chi connectivity index (χ3n) is 2.66. The largest absolute Gasteiger partial charge is 0.460 e. The van der Waals surface area contributed by atoms with Crippen molar-refractivity contribution in [2.45, 2.75) is 6.10 Å². The Morgan fingerprint density at radius 3 is 2.45 bits per heavy atom. The molecule has 1 aliphatic rings. The molecule has 1 fully saturated rings. The molecule has 0 aromatic heterocycles. The molecule has 6 nitrogen and oxygen atoms in total. The number of rotatable bonds is 7. The second-order valence-corrected chi connectivity index (χ2v) is 4.26. The standard InChI is InChI=1S/C14H16O6/c1-17-5-6-18-13(15)10-3-2-4-11(7-10)14(16)20-9-12-8-19-12/h2-4,7,12H,5-6,8-9H2,1H3. The van der Waals surface area contributed by atoms with Crippen LogP contribution in [0.25, 0.3) is 0 Å². The van der Waals surface area contributed by atoms with Crippen LogP contribution in [0.5, 0.6) is 0 Å². The zero-order valence-electron chi connectivity index (χ0n) is 11.2. The molecule has 6 heteroatoms. The molecule has 2 rings (SSSR count). The third-order valence-corrected chi connectivity index (χ3v) is 2.66. The number of carbonyl (C=O) groups is 2. The third kappa shape index (κ3) is 4.32. The first kappa shape index (κ1) is 14.5. The highest BCUT2D eigenvalue weighted by molar-refractivity contribution is 5.95. The summed E-state index contributed by atoms with van der Waals surface area (Å²) in [7, 11) is 1.52. The number of methoxy groups -OCH3 is 1. The van der Waals surface area contributed by atoms with Gasteiger partial charge >= 0.3 is 11.9 Å². The van der Waals surface area contributed by atoms with E-state index in [1.165, 1.54) is 13.2 Å². The van der Waals surface area contributed by atoms with Gasteiger partial charge in [0.05, 0.1) is 24.3 Å². The van der Waals surface area contributed by atoms with Gasteiger partial charge in [-0.3, -0.25) is 0 Å². The summed E-state index contributed by atoms with van der Waals surface area (Å²) in [4.78, 5) is 23.5. The van der Waals surface area contributed by atoms with E-state index in [9.17, 15) is 9.59 Å². The highest BCUT2D eigenvalue weighted by Gasteiger charge is 2.24. The summed E-state index contributed by atoms with van der Waals surface area (Å²) in [5.41, 5.74) is 0.616. The Hall–Kier alpha value is -1.92. The van der Waals surface area contributed by atoms with Crippen molar-refractivity contribution < 1.29 is 28.5 Å². The molecule has 0 saturated carbocycles. The van der Waals surface area contributed by atoms with Gasteiger partial charge in [0.1, 0.15) is 19.3 Å². The van der Waals surface area contributed by atoms with Gasteiger partial charge in [-0.25, -0.2) is 9.59 Å². The predicted molar refractivity (Wildman–Crippen MR) is 68.6 cm³/mol. The van der Waals surface area contributed by atoms with Gasteiger partial charge < -0.3 is 18.9 Å². The molecule has 1 saturated heterocycles. The van der Waals surface area contributed by atoms with E-state index in [4.69, 9.17) is 18.9 Å². The van der Waals surface area contributed by atoms with Crippen molar-refractivity contribution >= 4 is 11.9 Å². The molecule has 0 bridgehead atoms. The molecule has 0 amide bonds. The topological polar surface area (TPSA) is 74.4 Å². The van der Waals surface area contributed by atoms with Crippen molar-refractivity contribution in [2.75, 3.05) is 33.5 Å². The summed E-state index contributed by atoms with van der Waals surface area (Å²) in [5, 5.41) is 0. The number of carbonyl (C=O) groups excluding carboxylic acids is 2. The van der Waals surface area contributed by atoms with E-state index in [1.54, 1.807) is 18.2 Å². The molecule has 0 N–H and O–H groups in total. The summed E-state index contributed by atoms with van der Waals surface area (Å²) in [6.07, 6.45) is 0.0149. The molecule has 20 heavy (non-hydrogen) atoms. The highest BCUT2D eigenvalue weighted by atomic mass is 16.6. The summed E-state index contributed by atoms with van der Waals surface area (Å²) >= 11 is 0. The first-order valence-corrected chi connectivity index (χ1v) is 6.25. The number of hydrogen-bond donors (Lipinski definition) is 0. The number of epoxide rings is 1. The van der Waals surface area contributed by atoms with Gasteiger partial charge in [0.15, 0.2) is 0 Å². The SMILES string of the molecule is COCCOC(=O)c1cccc(C(=O)OCC2CO2)c1. The molecule has 108 valence electrons. The van der Waals surface area contributed by atoms with Crippen LogP contribution >= 0.6 is 0 Å². The molecule has 1 heterocycles. The van der Waals surface area contributed by atoms with E-state index in [0.29, 0.717) is 24.3 Å². The van der Waals surface area contributed by atoms with Crippen LogP contribution in [0.1, 0.15) is 20.7 Å². The average molecular weight is 280 g/mol. The monoisotopic (exact) mass is 280 g/mol. The molecule has 1 atom stereocenters. The normalized spacial score (nSPS) is 16.6. The van der Waals surface area contributed by atoms with E-state index in [1.807, 2.05) is 0 Å². The smallest absolute Gasteiger partial charge is 0.338 e. The van der Waals surface area contributed by atoms with E-state index in [-0.39, 0.29) is 19.3 Å². The maximum absolute atomic E-state index is 11.8. The van der Waals surface area contributed by atoms with Gasteiger partial charge in [-0.15, -0.1) is 0 Å². The fourth-order valence-electron chi connectivity index (χ4n) is 1.49. The molecule has 0 radical (unpaired) electrons. The lowest BCUT2D eigenvalue weighted by molar-refractivity contribution is 0.0388. The lowest BCUT2D eigenvalue weighted by Gasteiger charge is -2.06. The Kier molecular flexibility index (Phi) is 5.09. The fourth-order valence-corrected chi connectivity index (χ4v) is 1.49. The summed E-state index contributed by atoms with van der Waals surface area (Å²) < 4.78 is 19.8. The van der Waals surface area contributed by atoms with Gasteiger partial charge in [-0.05, 0) is 18.2 Å². The Labute approximate surface area is 116 Å². The first-order chi connectivity index (χ1) is 9.70. The van der Waals surface area contributed by atoms with Gasteiger partial charge in [0, 0.05) is 7.11 Å². The zero-order chi connectivity index (χ0) is 14.4. The Morgan fingerprint density at radius 1 is 1.20 bits per heavy atom. The summed E-state index contributed by atoms with van der Waals surface area (Å²) in [5.74, 6) is -0.978. The minimum atomic E-state index is -0.498. The Bertz CT molecular complexity index is 480. The van der Waals surface area contributed by atoms with Crippen LogP contribution in [0.2, 0.25) is 0 Å². The van der Waals surface area contributed by atoms with Crippen LogP contribution in [0, 0.1) is 0 Å². The number of hydrogen-bond acceptors (Lipinski definition) is 6. The van der Waals surface area contributed by atoms with Crippen molar-refractivity contribution in [3.63, 3.8) is 0 Å². The van der Waals surface area contributed by atoms with Crippen LogP contribution < -0.4 is 0 Å². The molecular weight excluding hydrogens is 264 g/mol. The number of ether oxygens (including phenoxy) is 4. The van der Waals surface area contributed by atoms with Crippen LogP contribution in [0.4, 0.5) is 0 Å². The van der Waals surface area contributed by atoms with Crippen molar-refractivity contribution in [1.29, 1.82) is 0 Å². The average Bonchev–Trinajstić information content (AvgIpc) is 3.29. The van der Waals surface area contributed by atoms with Gasteiger partial charge in [0.25, 0.3) is 0 Å². The molecule has 1 aliphatic heterocycles. The summed E-state index contributed by atoms with van der Waals surface area (Å²) in [6, 6.07) is 6.22. The first-order valence-electron chi connectivity index (χ1n) is 6.25. The van der Waals surface area contributed by atoms with Crippen LogP contribution in [-0.4, -0.2) is 51.6 Å². The zero-order valence-corrected chi connectivity index (χ0v) is 11.2. The molecule has 1 unspecified atom stereocenters. The summed E-state index contributed by atoms with van der Waals surface area (Å²) in [6.45, 7) is 1.36. The second-order valence-electron chi connectivity index (χ2n) is 4.26. The molecule has 0 spiro atoms.